The molecular weight excluding hydrogens is 203 g/mol. The summed E-state index contributed by atoms with van der Waals surface area (Å²) >= 11 is 0. The highest BCUT2D eigenvalue weighted by molar-refractivity contribution is 7.23. The lowest BCUT2D eigenvalue weighted by molar-refractivity contribution is 0.318. The lowest BCUT2D eigenvalue weighted by Gasteiger charge is -2.20. The highest BCUT2D eigenvalue weighted by Crippen LogP contribution is 2.25. The third kappa shape index (κ3) is 10.4. The van der Waals surface area contributed by atoms with E-state index >= 15 is 0 Å². The summed E-state index contributed by atoms with van der Waals surface area (Å²) in [5.41, 5.74) is 0. The molecule has 0 aliphatic carbocycles. The summed E-state index contributed by atoms with van der Waals surface area (Å²) in [7, 11) is 0.317. The summed E-state index contributed by atoms with van der Waals surface area (Å²) < 4.78 is 10.3. The Kier molecular flexibility index (Phi) is 9.40. The van der Waals surface area contributed by atoms with Crippen LogP contribution in [0.3, 0.4) is 0 Å². The van der Waals surface area contributed by atoms with Crippen LogP contribution in [0.4, 0.5) is 0 Å². The quantitative estimate of drug-likeness (QED) is 0.395. The van der Waals surface area contributed by atoms with E-state index in [1.807, 2.05) is 0 Å². The van der Waals surface area contributed by atoms with Crippen molar-refractivity contribution in [2.75, 3.05) is 6.16 Å². The van der Waals surface area contributed by atoms with Crippen molar-refractivity contribution < 1.29 is 4.57 Å². The molecule has 0 saturated carbocycles. The molecule has 0 heterocycles. The van der Waals surface area contributed by atoms with Gasteiger partial charge >= 0.3 is 0 Å². The summed E-state index contributed by atoms with van der Waals surface area (Å²) in [6, 6.07) is 0. The second kappa shape index (κ2) is 9.33. The molecule has 0 aliphatic heterocycles. The Bertz CT molecular complexity index is 145. The van der Waals surface area contributed by atoms with Gasteiger partial charge in [-0.1, -0.05) is 40.5 Å². The van der Waals surface area contributed by atoms with E-state index in [1.54, 1.807) is 0 Å². The molecule has 0 aromatic carbocycles. The number of hydrogen-bond acceptors (Lipinski definition) is 1. The number of hydrogen-bond donors (Lipinski definition) is 0. The molecule has 0 fully saturated rings. The second-order valence-corrected chi connectivity index (χ2v) is 6.18. The van der Waals surface area contributed by atoms with Gasteiger partial charge in [-0.25, -0.2) is 0 Å². The first-order chi connectivity index (χ1) is 7.06. The molecule has 1 nitrogen and oxygen atoms in total. The fraction of sp³-hybridized carbons (Fsp3) is 1.00. The maximum atomic E-state index is 10.3. The molecule has 0 saturated heterocycles. The number of rotatable bonds is 9. The van der Waals surface area contributed by atoms with E-state index in [0.29, 0.717) is 8.46 Å². The Balaban J connectivity index is 3.74. The first-order valence-corrected chi connectivity index (χ1v) is 7.35. The fourth-order valence-corrected chi connectivity index (χ4v) is 2.63. The van der Waals surface area contributed by atoms with Gasteiger partial charge in [0.05, 0.1) is 0 Å². The van der Waals surface area contributed by atoms with Gasteiger partial charge in [-0.15, -0.1) is 0 Å². The molecule has 2 heteroatoms. The molecule has 0 unspecified atom stereocenters. The van der Waals surface area contributed by atoms with Gasteiger partial charge in [0.25, 0.3) is 0 Å². The van der Waals surface area contributed by atoms with Crippen molar-refractivity contribution in [3.05, 3.63) is 0 Å². The summed E-state index contributed by atoms with van der Waals surface area (Å²) in [5.74, 6) is 2.51. The summed E-state index contributed by atoms with van der Waals surface area (Å²) in [4.78, 5) is 0. The standard InChI is InChI=1S/C13H27OP/c1-11(2)9-13(10-12(3)4)7-5-6-8-15-14/h11-13H,5-10H2,1-4H3. The molecule has 0 atom stereocenters. The minimum absolute atomic E-state index is 0.317. The summed E-state index contributed by atoms with van der Waals surface area (Å²) in [5, 5.41) is 0. The maximum Gasteiger partial charge on any atom is 0.155 e. The van der Waals surface area contributed by atoms with Crippen LogP contribution in [-0.2, 0) is 4.57 Å². The topological polar surface area (TPSA) is 17.1 Å². The predicted octanol–water partition coefficient (Wildman–Crippen LogP) is 5.16. The van der Waals surface area contributed by atoms with Gasteiger partial charge in [-0.05, 0) is 37.0 Å². The van der Waals surface area contributed by atoms with Gasteiger partial charge in [-0.2, -0.15) is 0 Å². The van der Waals surface area contributed by atoms with Crippen LogP contribution < -0.4 is 0 Å². The Labute approximate surface area is 97.2 Å². The van der Waals surface area contributed by atoms with Crippen LogP contribution in [0.5, 0.6) is 0 Å². The molecular formula is C13H27OP. The van der Waals surface area contributed by atoms with E-state index in [4.69, 9.17) is 0 Å². The zero-order valence-corrected chi connectivity index (χ0v) is 11.7. The van der Waals surface area contributed by atoms with Crippen LogP contribution in [0.2, 0.25) is 0 Å². The maximum absolute atomic E-state index is 10.3. The van der Waals surface area contributed by atoms with Crippen LogP contribution in [0.25, 0.3) is 0 Å². The minimum atomic E-state index is 0.317. The monoisotopic (exact) mass is 230 g/mol. The highest BCUT2D eigenvalue weighted by atomic mass is 31.1. The van der Waals surface area contributed by atoms with Crippen LogP contribution in [0.1, 0.15) is 59.8 Å². The highest BCUT2D eigenvalue weighted by Gasteiger charge is 2.12. The van der Waals surface area contributed by atoms with Crippen molar-refractivity contribution in [2.24, 2.45) is 17.8 Å². The lowest BCUT2D eigenvalue weighted by atomic mass is 9.86. The minimum Gasteiger partial charge on any atom is -0.275 e. The van der Waals surface area contributed by atoms with Crippen LogP contribution in [-0.4, -0.2) is 6.16 Å². The fourth-order valence-electron chi connectivity index (χ4n) is 2.27. The first kappa shape index (κ1) is 15.1. The molecule has 0 bridgehead atoms. The Hall–Kier alpha value is 0.100. The van der Waals surface area contributed by atoms with Crippen molar-refractivity contribution in [3.8, 4) is 0 Å². The first-order valence-electron chi connectivity index (χ1n) is 6.35. The molecule has 0 radical (unpaired) electrons. The van der Waals surface area contributed by atoms with E-state index in [1.165, 1.54) is 25.7 Å². The molecule has 0 spiro atoms. The second-order valence-electron chi connectivity index (χ2n) is 5.47. The van der Waals surface area contributed by atoms with Crippen LogP contribution >= 0.6 is 8.46 Å². The van der Waals surface area contributed by atoms with Gasteiger partial charge in [0.15, 0.2) is 8.46 Å². The van der Waals surface area contributed by atoms with Crippen molar-refractivity contribution >= 4 is 8.46 Å². The van der Waals surface area contributed by atoms with Crippen molar-refractivity contribution in [3.63, 3.8) is 0 Å². The summed E-state index contributed by atoms with van der Waals surface area (Å²) in [6.07, 6.45) is 7.25. The van der Waals surface area contributed by atoms with E-state index < -0.39 is 0 Å². The zero-order chi connectivity index (χ0) is 11.7. The smallest absolute Gasteiger partial charge is 0.155 e. The number of unbranched alkanes of at least 4 members (excludes halogenated alkanes) is 1. The normalized spacial score (nSPS) is 12.2. The molecule has 0 rings (SSSR count). The molecule has 15 heavy (non-hydrogen) atoms. The van der Waals surface area contributed by atoms with Gasteiger partial charge in [-0.3, -0.25) is 4.57 Å². The largest absolute Gasteiger partial charge is 0.275 e. The van der Waals surface area contributed by atoms with Gasteiger partial charge < -0.3 is 0 Å². The van der Waals surface area contributed by atoms with Gasteiger partial charge in [0.2, 0.25) is 0 Å². The average molecular weight is 230 g/mol. The van der Waals surface area contributed by atoms with Gasteiger partial charge in [0, 0.05) is 6.16 Å². The van der Waals surface area contributed by atoms with E-state index in [2.05, 4.69) is 27.7 Å². The Morgan fingerprint density at radius 1 is 0.933 bits per heavy atom. The molecule has 0 aromatic heterocycles. The zero-order valence-electron chi connectivity index (χ0n) is 10.8. The Morgan fingerprint density at radius 3 is 1.87 bits per heavy atom. The van der Waals surface area contributed by atoms with Crippen molar-refractivity contribution in [1.82, 2.24) is 0 Å². The SMILES string of the molecule is CC(C)CC(CCCCP=O)CC(C)C. The van der Waals surface area contributed by atoms with E-state index in [0.717, 1.165) is 30.3 Å². The molecule has 0 aliphatic rings. The van der Waals surface area contributed by atoms with Crippen LogP contribution in [0.15, 0.2) is 0 Å². The van der Waals surface area contributed by atoms with Gasteiger partial charge in [0.1, 0.15) is 0 Å². The third-order valence-corrected chi connectivity index (χ3v) is 3.22. The van der Waals surface area contributed by atoms with E-state index in [-0.39, 0.29) is 0 Å². The summed E-state index contributed by atoms with van der Waals surface area (Å²) in [6.45, 7) is 9.24. The molecule has 0 aromatic rings. The average Bonchev–Trinajstić information content (AvgIpc) is 2.10. The molecule has 0 amide bonds. The molecule has 90 valence electrons. The molecule has 0 N–H and O–H groups in total. The van der Waals surface area contributed by atoms with Crippen molar-refractivity contribution in [2.45, 2.75) is 59.8 Å². The third-order valence-electron chi connectivity index (χ3n) is 2.72. The van der Waals surface area contributed by atoms with E-state index in [9.17, 15) is 4.57 Å². The lowest BCUT2D eigenvalue weighted by Crippen LogP contribution is -2.08. The van der Waals surface area contributed by atoms with Crippen molar-refractivity contribution in [1.29, 1.82) is 0 Å². The predicted molar refractivity (Wildman–Crippen MR) is 68.7 cm³/mol. The Morgan fingerprint density at radius 2 is 1.47 bits per heavy atom. The van der Waals surface area contributed by atoms with Crippen LogP contribution in [0, 0.1) is 17.8 Å².